The van der Waals surface area contributed by atoms with E-state index in [1.54, 1.807) is 18.3 Å². The number of pyridine rings is 1. The van der Waals surface area contributed by atoms with E-state index < -0.39 is 5.41 Å². The number of rotatable bonds is 3. The van der Waals surface area contributed by atoms with Crippen LogP contribution in [-0.4, -0.2) is 24.1 Å². The van der Waals surface area contributed by atoms with Gasteiger partial charge in [-0.2, -0.15) is 0 Å². The van der Waals surface area contributed by atoms with E-state index in [-0.39, 0.29) is 17.2 Å². The summed E-state index contributed by atoms with van der Waals surface area (Å²) in [5.41, 5.74) is 0.250. The van der Waals surface area contributed by atoms with E-state index in [0.717, 1.165) is 31.2 Å². The van der Waals surface area contributed by atoms with E-state index in [9.17, 15) is 9.59 Å². The number of carbonyl (C=O) groups excluding carboxylic acids is 1. The molecule has 1 amide bonds. The van der Waals surface area contributed by atoms with Crippen LogP contribution in [0.3, 0.4) is 0 Å². The Hall–Kier alpha value is -2.76. The first-order valence-corrected chi connectivity index (χ1v) is 8.58. The Balaban J connectivity index is 1.69. The molecule has 1 aromatic carbocycles. The van der Waals surface area contributed by atoms with Crippen LogP contribution in [0.4, 0.5) is 5.69 Å². The van der Waals surface area contributed by atoms with Gasteiger partial charge in [-0.3, -0.25) is 9.59 Å². The first-order chi connectivity index (χ1) is 12.2. The van der Waals surface area contributed by atoms with Crippen LogP contribution >= 0.6 is 0 Å². The van der Waals surface area contributed by atoms with Gasteiger partial charge in [0.25, 0.3) is 5.56 Å². The Bertz CT molecular complexity index is 852. The van der Waals surface area contributed by atoms with Gasteiger partial charge >= 0.3 is 0 Å². The fourth-order valence-corrected chi connectivity index (χ4v) is 3.73. The van der Waals surface area contributed by atoms with Crippen LogP contribution in [0.2, 0.25) is 0 Å². The van der Waals surface area contributed by atoms with Gasteiger partial charge in [0, 0.05) is 6.20 Å². The van der Waals surface area contributed by atoms with Crippen molar-refractivity contribution in [1.29, 1.82) is 0 Å². The van der Waals surface area contributed by atoms with Crippen molar-refractivity contribution in [2.75, 3.05) is 18.5 Å². The summed E-state index contributed by atoms with van der Waals surface area (Å²) >= 11 is 0. The molecule has 130 valence electrons. The lowest BCUT2D eigenvalue weighted by atomic mass is 9.77. The number of hydrogen-bond donors (Lipinski definition) is 2. The van der Waals surface area contributed by atoms with Gasteiger partial charge in [0.05, 0.1) is 5.41 Å². The van der Waals surface area contributed by atoms with Crippen LogP contribution in [0.1, 0.15) is 31.2 Å². The molecule has 1 aromatic heterocycles. The molecular weight excluding hydrogens is 320 g/mol. The number of carbonyl (C=O) groups is 1. The molecule has 1 aliphatic carbocycles. The quantitative estimate of drug-likeness (QED) is 0.900. The molecule has 25 heavy (non-hydrogen) atoms. The number of benzene rings is 1. The summed E-state index contributed by atoms with van der Waals surface area (Å²) < 4.78 is 11.2. The second-order valence-corrected chi connectivity index (χ2v) is 6.51. The zero-order chi connectivity index (χ0) is 17.3. The summed E-state index contributed by atoms with van der Waals surface area (Å²) in [6.45, 7) is 1.05. The van der Waals surface area contributed by atoms with E-state index in [1.807, 2.05) is 18.2 Å². The molecule has 1 fully saturated rings. The van der Waals surface area contributed by atoms with E-state index >= 15 is 0 Å². The van der Waals surface area contributed by atoms with Crippen molar-refractivity contribution in [3.05, 3.63) is 52.4 Å². The lowest BCUT2D eigenvalue weighted by molar-refractivity contribution is -0.121. The molecular formula is C19H20N2O4. The Morgan fingerprint density at radius 2 is 1.84 bits per heavy atom. The van der Waals surface area contributed by atoms with Crippen LogP contribution in [0.5, 0.6) is 11.5 Å². The minimum Gasteiger partial charge on any atom is -0.486 e. The summed E-state index contributed by atoms with van der Waals surface area (Å²) in [7, 11) is 0. The van der Waals surface area contributed by atoms with E-state index in [1.165, 1.54) is 0 Å². The zero-order valence-corrected chi connectivity index (χ0v) is 13.8. The molecule has 0 unspecified atom stereocenters. The van der Waals surface area contributed by atoms with E-state index in [2.05, 4.69) is 10.3 Å². The molecule has 2 heterocycles. The molecule has 4 rings (SSSR count). The number of anilines is 1. The molecule has 0 radical (unpaired) electrons. The molecule has 6 heteroatoms. The van der Waals surface area contributed by atoms with Crippen LogP contribution in [0, 0.1) is 0 Å². The molecule has 1 saturated carbocycles. The maximum atomic E-state index is 13.1. The van der Waals surface area contributed by atoms with E-state index in [4.69, 9.17) is 9.47 Å². The average Bonchev–Trinajstić information content (AvgIpc) is 3.14. The fourth-order valence-electron chi connectivity index (χ4n) is 3.73. The fraction of sp³-hybridized carbons (Fsp3) is 0.368. The normalized spacial score (nSPS) is 17.9. The highest BCUT2D eigenvalue weighted by molar-refractivity contribution is 5.99. The Labute approximate surface area is 145 Å². The largest absolute Gasteiger partial charge is 0.486 e. The number of aromatic nitrogens is 1. The van der Waals surface area contributed by atoms with Gasteiger partial charge in [0.15, 0.2) is 11.5 Å². The smallest absolute Gasteiger partial charge is 0.271 e. The zero-order valence-electron chi connectivity index (χ0n) is 13.8. The second kappa shape index (κ2) is 6.27. The van der Waals surface area contributed by atoms with Crippen LogP contribution in [-0.2, 0) is 10.2 Å². The molecule has 0 spiro atoms. The van der Waals surface area contributed by atoms with Gasteiger partial charge in [-0.05, 0) is 42.7 Å². The summed E-state index contributed by atoms with van der Waals surface area (Å²) in [5, 5.41) is 2.82. The van der Waals surface area contributed by atoms with Gasteiger partial charge < -0.3 is 19.8 Å². The molecule has 2 aliphatic rings. The van der Waals surface area contributed by atoms with Crippen LogP contribution < -0.4 is 20.3 Å². The number of aromatic amines is 1. The highest BCUT2D eigenvalue weighted by Crippen LogP contribution is 2.44. The summed E-state index contributed by atoms with van der Waals surface area (Å²) in [6.07, 6.45) is 5.01. The van der Waals surface area contributed by atoms with Crippen LogP contribution in [0.15, 0.2) is 41.3 Å². The van der Waals surface area contributed by atoms with Crippen molar-refractivity contribution in [3.8, 4) is 11.5 Å². The topological polar surface area (TPSA) is 80.4 Å². The van der Waals surface area contributed by atoms with Gasteiger partial charge in [-0.1, -0.05) is 18.9 Å². The molecule has 0 atom stereocenters. The highest BCUT2D eigenvalue weighted by Gasteiger charge is 2.43. The number of amides is 1. The standard InChI is InChI=1S/C19H20N2O4/c22-17-14(4-3-9-20-17)21-18(23)19(7-1-2-8-19)13-5-6-15-16(12-13)25-11-10-24-15/h3-6,9,12H,1-2,7-8,10-11H2,(H,20,22)(H,21,23). The maximum absolute atomic E-state index is 13.1. The van der Waals surface area contributed by atoms with Crippen molar-refractivity contribution in [3.63, 3.8) is 0 Å². The molecule has 0 bridgehead atoms. The summed E-state index contributed by atoms with van der Waals surface area (Å²) in [5.74, 6) is 1.25. The van der Waals surface area contributed by atoms with Crippen molar-refractivity contribution in [2.45, 2.75) is 31.1 Å². The van der Waals surface area contributed by atoms with Crippen molar-refractivity contribution in [1.82, 2.24) is 4.98 Å². The van der Waals surface area contributed by atoms with E-state index in [0.29, 0.717) is 24.7 Å². The Kier molecular flexibility index (Phi) is 3.95. The van der Waals surface area contributed by atoms with Gasteiger partial charge in [-0.15, -0.1) is 0 Å². The SMILES string of the molecule is O=C(Nc1ccc[nH]c1=O)C1(c2ccc3c(c2)OCCO3)CCCC1. The third kappa shape index (κ3) is 2.77. The lowest BCUT2D eigenvalue weighted by Gasteiger charge is -2.29. The molecule has 1 aliphatic heterocycles. The van der Waals surface area contributed by atoms with Gasteiger partial charge in [-0.25, -0.2) is 0 Å². The predicted octanol–water partition coefficient (Wildman–Crippen LogP) is 2.60. The predicted molar refractivity (Wildman–Crippen MR) is 93.3 cm³/mol. The van der Waals surface area contributed by atoms with Gasteiger partial charge in [0.1, 0.15) is 18.9 Å². The Morgan fingerprint density at radius 3 is 2.60 bits per heavy atom. The molecule has 2 N–H and O–H groups in total. The average molecular weight is 340 g/mol. The number of ether oxygens (including phenoxy) is 2. The second-order valence-electron chi connectivity index (χ2n) is 6.51. The highest BCUT2D eigenvalue weighted by atomic mass is 16.6. The van der Waals surface area contributed by atoms with Gasteiger partial charge in [0.2, 0.25) is 5.91 Å². The third-order valence-electron chi connectivity index (χ3n) is 5.05. The minimum absolute atomic E-state index is 0.140. The molecule has 0 saturated heterocycles. The molecule has 6 nitrogen and oxygen atoms in total. The molecule has 2 aromatic rings. The first kappa shape index (κ1) is 15.7. The minimum atomic E-state index is -0.641. The number of H-pyrrole nitrogens is 1. The number of hydrogen-bond acceptors (Lipinski definition) is 4. The number of nitrogens with one attached hydrogen (secondary N) is 2. The summed E-state index contributed by atoms with van der Waals surface area (Å²) in [4.78, 5) is 27.6. The van der Waals surface area contributed by atoms with Crippen molar-refractivity contribution >= 4 is 11.6 Å². The van der Waals surface area contributed by atoms with Crippen LogP contribution in [0.25, 0.3) is 0 Å². The summed E-state index contributed by atoms with van der Waals surface area (Å²) in [6, 6.07) is 9.03. The monoisotopic (exact) mass is 340 g/mol. The number of fused-ring (bicyclic) bond motifs is 1. The third-order valence-corrected chi connectivity index (χ3v) is 5.05. The Morgan fingerprint density at radius 1 is 1.08 bits per heavy atom. The van der Waals surface area contributed by atoms with Crippen molar-refractivity contribution < 1.29 is 14.3 Å². The maximum Gasteiger partial charge on any atom is 0.271 e. The lowest BCUT2D eigenvalue weighted by Crippen LogP contribution is -2.39. The van der Waals surface area contributed by atoms with Crippen molar-refractivity contribution in [2.24, 2.45) is 0 Å². The first-order valence-electron chi connectivity index (χ1n) is 8.58.